The fourth-order valence-corrected chi connectivity index (χ4v) is 2.70. The summed E-state index contributed by atoms with van der Waals surface area (Å²) >= 11 is 0. The fraction of sp³-hybridized carbons (Fsp3) is 1.00. The van der Waals surface area contributed by atoms with Gasteiger partial charge < -0.3 is 5.73 Å². The van der Waals surface area contributed by atoms with Crippen LogP contribution in [0.5, 0.6) is 0 Å². The first-order valence-electron chi connectivity index (χ1n) is 7.26. The van der Waals surface area contributed by atoms with Gasteiger partial charge in [-0.2, -0.15) is 0 Å². The van der Waals surface area contributed by atoms with Crippen LogP contribution in [0.2, 0.25) is 0 Å². The van der Waals surface area contributed by atoms with E-state index in [0.29, 0.717) is 11.3 Å². The van der Waals surface area contributed by atoms with Gasteiger partial charge in [0.15, 0.2) is 0 Å². The number of hydrogen-bond acceptors (Lipinski definition) is 2. The Labute approximate surface area is 108 Å². The smallest absolute Gasteiger partial charge is 0.00966 e. The Balaban J connectivity index is 2.45. The first-order valence-corrected chi connectivity index (χ1v) is 7.26. The van der Waals surface area contributed by atoms with Crippen LogP contribution in [0, 0.1) is 17.3 Å². The molecule has 0 spiro atoms. The van der Waals surface area contributed by atoms with E-state index in [0.717, 1.165) is 18.5 Å². The van der Waals surface area contributed by atoms with Crippen LogP contribution in [0.15, 0.2) is 0 Å². The van der Waals surface area contributed by atoms with E-state index in [2.05, 4.69) is 39.5 Å². The van der Waals surface area contributed by atoms with E-state index in [9.17, 15) is 0 Å². The highest BCUT2D eigenvalue weighted by molar-refractivity contribution is 4.87. The lowest BCUT2D eigenvalue weighted by atomic mass is 9.84. The van der Waals surface area contributed by atoms with Gasteiger partial charge in [-0.1, -0.05) is 34.6 Å². The van der Waals surface area contributed by atoms with Gasteiger partial charge in [0.1, 0.15) is 0 Å². The molecule has 1 fully saturated rings. The summed E-state index contributed by atoms with van der Waals surface area (Å²) in [5.74, 6) is 1.43. The molecule has 1 unspecified atom stereocenters. The van der Waals surface area contributed by atoms with E-state index >= 15 is 0 Å². The maximum absolute atomic E-state index is 5.95. The van der Waals surface area contributed by atoms with Gasteiger partial charge in [0.25, 0.3) is 0 Å². The molecule has 1 rings (SSSR count). The molecule has 1 aliphatic carbocycles. The standard InChI is InChI=1S/C15H32N2/c1-12(2)10-17(14-6-7-14)11-13(9-16)8-15(3,4)5/h12-14H,6-11,16H2,1-5H3. The van der Waals surface area contributed by atoms with Crippen LogP contribution in [0.25, 0.3) is 0 Å². The summed E-state index contributed by atoms with van der Waals surface area (Å²) in [5, 5.41) is 0. The van der Waals surface area contributed by atoms with Crippen molar-refractivity contribution < 1.29 is 0 Å². The molecule has 1 saturated carbocycles. The zero-order valence-corrected chi connectivity index (χ0v) is 12.5. The van der Waals surface area contributed by atoms with Crippen molar-refractivity contribution in [3.63, 3.8) is 0 Å². The molecule has 17 heavy (non-hydrogen) atoms. The van der Waals surface area contributed by atoms with Gasteiger partial charge in [-0.25, -0.2) is 0 Å². The first-order chi connectivity index (χ1) is 7.81. The highest BCUT2D eigenvalue weighted by Crippen LogP contribution is 2.30. The number of rotatable bonds is 7. The predicted molar refractivity (Wildman–Crippen MR) is 76.0 cm³/mol. The van der Waals surface area contributed by atoms with Crippen molar-refractivity contribution in [3.8, 4) is 0 Å². The van der Waals surface area contributed by atoms with Crippen molar-refractivity contribution in [3.05, 3.63) is 0 Å². The monoisotopic (exact) mass is 240 g/mol. The molecule has 0 aromatic heterocycles. The summed E-state index contributed by atoms with van der Waals surface area (Å²) in [6.07, 6.45) is 4.05. The van der Waals surface area contributed by atoms with Crippen LogP contribution in [0.4, 0.5) is 0 Å². The highest BCUT2D eigenvalue weighted by Gasteiger charge is 2.31. The van der Waals surface area contributed by atoms with E-state index in [4.69, 9.17) is 5.73 Å². The summed E-state index contributed by atoms with van der Waals surface area (Å²) in [6, 6.07) is 0.867. The molecular formula is C15H32N2. The Bertz CT molecular complexity index is 213. The summed E-state index contributed by atoms with van der Waals surface area (Å²) in [4.78, 5) is 2.69. The van der Waals surface area contributed by atoms with E-state index in [-0.39, 0.29) is 0 Å². The minimum Gasteiger partial charge on any atom is -0.330 e. The SMILES string of the molecule is CC(C)CN(CC(CN)CC(C)(C)C)C1CC1. The van der Waals surface area contributed by atoms with Crippen molar-refractivity contribution >= 4 is 0 Å². The molecule has 1 atom stereocenters. The molecule has 0 aliphatic heterocycles. The number of nitrogens with two attached hydrogens (primary N) is 1. The van der Waals surface area contributed by atoms with Crippen molar-refractivity contribution in [2.45, 2.75) is 59.9 Å². The second kappa shape index (κ2) is 6.19. The Hall–Kier alpha value is -0.0800. The molecule has 0 heterocycles. The zero-order valence-electron chi connectivity index (χ0n) is 12.5. The molecule has 0 aromatic rings. The van der Waals surface area contributed by atoms with Crippen molar-refractivity contribution in [2.75, 3.05) is 19.6 Å². The third-order valence-electron chi connectivity index (χ3n) is 3.39. The molecule has 2 N–H and O–H groups in total. The molecule has 2 nitrogen and oxygen atoms in total. The van der Waals surface area contributed by atoms with Crippen molar-refractivity contribution in [2.24, 2.45) is 23.0 Å². The summed E-state index contributed by atoms with van der Waals surface area (Å²) in [5.41, 5.74) is 6.35. The van der Waals surface area contributed by atoms with Crippen LogP contribution in [-0.4, -0.2) is 30.6 Å². The van der Waals surface area contributed by atoms with Crippen molar-refractivity contribution in [1.82, 2.24) is 4.90 Å². The minimum absolute atomic E-state index is 0.400. The largest absolute Gasteiger partial charge is 0.330 e. The second-order valence-electron chi connectivity index (χ2n) is 7.45. The van der Waals surface area contributed by atoms with E-state index in [1.54, 1.807) is 0 Å². The Morgan fingerprint density at radius 2 is 1.76 bits per heavy atom. The minimum atomic E-state index is 0.400. The Kier molecular flexibility index (Phi) is 5.46. The molecule has 0 bridgehead atoms. The summed E-state index contributed by atoms with van der Waals surface area (Å²) < 4.78 is 0. The molecular weight excluding hydrogens is 208 g/mol. The fourth-order valence-electron chi connectivity index (χ4n) is 2.70. The van der Waals surface area contributed by atoms with Gasteiger partial charge in [0.05, 0.1) is 0 Å². The first kappa shape index (κ1) is 15.0. The average molecular weight is 240 g/mol. The Morgan fingerprint density at radius 1 is 1.18 bits per heavy atom. The van der Waals surface area contributed by atoms with Crippen LogP contribution in [0.1, 0.15) is 53.9 Å². The molecule has 0 saturated heterocycles. The average Bonchev–Trinajstić information content (AvgIpc) is 2.95. The van der Waals surface area contributed by atoms with Gasteiger partial charge >= 0.3 is 0 Å². The lowest BCUT2D eigenvalue weighted by Crippen LogP contribution is -2.38. The molecule has 0 amide bonds. The summed E-state index contributed by atoms with van der Waals surface area (Å²) in [7, 11) is 0. The van der Waals surface area contributed by atoms with E-state index < -0.39 is 0 Å². The lowest BCUT2D eigenvalue weighted by molar-refractivity contribution is 0.172. The maximum Gasteiger partial charge on any atom is 0.00966 e. The normalized spacial score (nSPS) is 19.1. The van der Waals surface area contributed by atoms with Gasteiger partial charge in [-0.05, 0) is 43.1 Å². The molecule has 1 aliphatic rings. The van der Waals surface area contributed by atoms with Crippen LogP contribution in [-0.2, 0) is 0 Å². The van der Waals surface area contributed by atoms with Gasteiger partial charge in [-0.3, -0.25) is 4.90 Å². The topological polar surface area (TPSA) is 29.3 Å². The van der Waals surface area contributed by atoms with Crippen molar-refractivity contribution in [1.29, 1.82) is 0 Å². The third-order valence-corrected chi connectivity index (χ3v) is 3.39. The maximum atomic E-state index is 5.95. The predicted octanol–water partition coefficient (Wildman–Crippen LogP) is 3.12. The van der Waals surface area contributed by atoms with Crippen LogP contribution in [0.3, 0.4) is 0 Å². The second-order valence-corrected chi connectivity index (χ2v) is 7.45. The third kappa shape index (κ3) is 6.42. The number of nitrogens with zero attached hydrogens (tertiary/aromatic N) is 1. The molecule has 0 radical (unpaired) electrons. The van der Waals surface area contributed by atoms with E-state index in [1.807, 2.05) is 0 Å². The molecule has 0 aromatic carbocycles. The van der Waals surface area contributed by atoms with Gasteiger partial charge in [-0.15, -0.1) is 0 Å². The van der Waals surface area contributed by atoms with E-state index in [1.165, 1.54) is 32.4 Å². The number of hydrogen-bond donors (Lipinski definition) is 1. The van der Waals surface area contributed by atoms with Crippen LogP contribution >= 0.6 is 0 Å². The highest BCUT2D eigenvalue weighted by atomic mass is 15.2. The lowest BCUT2D eigenvalue weighted by Gasteiger charge is -2.31. The van der Waals surface area contributed by atoms with Gasteiger partial charge in [0, 0.05) is 19.1 Å². The van der Waals surface area contributed by atoms with Gasteiger partial charge in [0.2, 0.25) is 0 Å². The summed E-state index contributed by atoms with van der Waals surface area (Å²) in [6.45, 7) is 14.9. The molecule has 102 valence electrons. The zero-order chi connectivity index (χ0) is 13.1. The molecule has 2 heteroatoms. The van der Waals surface area contributed by atoms with Crippen LogP contribution < -0.4 is 5.73 Å². The quantitative estimate of drug-likeness (QED) is 0.741. The Morgan fingerprint density at radius 3 is 2.12 bits per heavy atom.